The van der Waals surface area contributed by atoms with Gasteiger partial charge in [0.2, 0.25) is 0 Å². The van der Waals surface area contributed by atoms with Crippen molar-refractivity contribution in [2.45, 2.75) is 69.5 Å². The van der Waals surface area contributed by atoms with Gasteiger partial charge >= 0.3 is 18.1 Å². The van der Waals surface area contributed by atoms with E-state index >= 15 is 0 Å². The van der Waals surface area contributed by atoms with Crippen LogP contribution in [0.1, 0.15) is 58.0 Å². The van der Waals surface area contributed by atoms with Gasteiger partial charge in [0.05, 0.1) is 13.0 Å². The second kappa shape index (κ2) is 25.4. The van der Waals surface area contributed by atoms with E-state index in [-0.39, 0.29) is 48.0 Å². The molecule has 0 saturated heterocycles. The summed E-state index contributed by atoms with van der Waals surface area (Å²) in [5, 5.41) is 61.6. The molecule has 0 spiro atoms. The minimum absolute atomic E-state index is 0.0393. The van der Waals surface area contributed by atoms with Crippen LogP contribution in [0.25, 0.3) is 44.3 Å². The molecular formula is C53H49Cl2F3N8O10. The van der Waals surface area contributed by atoms with Crippen LogP contribution < -0.4 is 10.6 Å². The van der Waals surface area contributed by atoms with Crippen LogP contribution >= 0.6 is 23.2 Å². The van der Waals surface area contributed by atoms with Crippen LogP contribution in [0, 0.1) is 0 Å². The lowest BCUT2D eigenvalue weighted by atomic mass is 9.97. The number of nitrogens with one attached hydrogen (secondary N) is 2. The van der Waals surface area contributed by atoms with Gasteiger partial charge in [0, 0.05) is 46.1 Å². The van der Waals surface area contributed by atoms with Crippen molar-refractivity contribution in [3.05, 3.63) is 166 Å². The normalized spacial score (nSPS) is 12.9. The lowest BCUT2D eigenvalue weighted by Crippen LogP contribution is -2.41. The number of alkyl halides is 3. The number of aliphatic hydroxyl groups excluding tert-OH is 2. The summed E-state index contributed by atoms with van der Waals surface area (Å²) < 4.78 is 46.7. The second-order valence-corrected chi connectivity index (χ2v) is 18.2. The van der Waals surface area contributed by atoms with E-state index < -0.39 is 67.2 Å². The van der Waals surface area contributed by atoms with Crippen LogP contribution in [0.2, 0.25) is 10.0 Å². The summed E-state index contributed by atoms with van der Waals surface area (Å²) in [6.45, 7) is 0.868. The van der Waals surface area contributed by atoms with Crippen molar-refractivity contribution in [2.24, 2.45) is 0 Å². The van der Waals surface area contributed by atoms with E-state index in [1.165, 1.54) is 24.3 Å². The maximum absolute atomic E-state index is 13.0. The van der Waals surface area contributed by atoms with Crippen molar-refractivity contribution in [3.63, 3.8) is 0 Å². The number of nitrogens with zero attached hydrogens (tertiary/aromatic N) is 6. The lowest BCUT2D eigenvalue weighted by molar-refractivity contribution is -0.166. The Kier molecular flexibility index (Phi) is 18.6. The lowest BCUT2D eigenvalue weighted by Gasteiger charge is -2.22. The van der Waals surface area contributed by atoms with Crippen LogP contribution in [-0.2, 0) is 31.9 Å². The maximum atomic E-state index is 13.0. The Morgan fingerprint density at radius 1 is 0.592 bits per heavy atom. The number of aliphatic hydroxyl groups is 2. The number of amides is 2. The summed E-state index contributed by atoms with van der Waals surface area (Å²) >= 11 is 12.2. The van der Waals surface area contributed by atoms with Gasteiger partial charge in [0.1, 0.15) is 28.7 Å². The molecule has 23 heteroatoms. The molecule has 18 nitrogen and oxygen atoms in total. The van der Waals surface area contributed by atoms with Gasteiger partial charge in [-0.3, -0.25) is 9.59 Å². The first-order chi connectivity index (χ1) is 36.3. The van der Waals surface area contributed by atoms with Crippen LogP contribution in [0.15, 0.2) is 133 Å². The molecule has 0 radical (unpaired) electrons. The number of ether oxygens (including phenoxy) is 2. The van der Waals surface area contributed by atoms with Gasteiger partial charge in [0.15, 0.2) is 12.2 Å². The molecule has 6 aromatic carbocycles. The molecule has 4 atom stereocenters. The fourth-order valence-corrected chi connectivity index (χ4v) is 8.31. The first kappa shape index (κ1) is 55.6. The molecule has 2 amide bonds. The molecule has 0 bridgehead atoms. The van der Waals surface area contributed by atoms with E-state index in [1.54, 1.807) is 25.1 Å². The zero-order valence-corrected chi connectivity index (χ0v) is 41.8. The zero-order chi connectivity index (χ0) is 54.5. The van der Waals surface area contributed by atoms with Crippen LogP contribution in [0.5, 0.6) is 0 Å². The average molecular weight is 1090 g/mol. The highest BCUT2D eigenvalue weighted by molar-refractivity contribution is 6.31. The number of hydrogen-bond acceptors (Lipinski definition) is 14. The summed E-state index contributed by atoms with van der Waals surface area (Å²) in [4.78, 5) is 51.4. The maximum Gasteiger partial charge on any atom is 0.392 e. The Hall–Kier alpha value is -8.11. The molecule has 8 aromatic rings. The summed E-state index contributed by atoms with van der Waals surface area (Å²) in [6.07, 6.45) is -8.86. The topological polar surface area (TPSA) is 253 Å². The number of esters is 2. The second-order valence-electron chi connectivity index (χ2n) is 17.3. The molecule has 2 aromatic heterocycles. The van der Waals surface area contributed by atoms with Gasteiger partial charge in [-0.25, -0.2) is 9.59 Å². The first-order valence-electron chi connectivity index (χ1n) is 23.5. The number of fused-ring (bicyclic) bond motifs is 2. The third kappa shape index (κ3) is 15.5. The zero-order valence-electron chi connectivity index (χ0n) is 40.3. The Labute approximate surface area is 441 Å². The molecule has 0 aliphatic heterocycles. The van der Waals surface area contributed by atoms with Crippen molar-refractivity contribution in [1.82, 2.24) is 40.9 Å². The fraction of sp³-hybridized carbons (Fsp3) is 0.245. The molecule has 0 saturated carbocycles. The standard InChI is InChI=1S/C27H24ClF3N4O5.C26H25ClN4O5/c28-20-3-1-2-18(13-20)17-6-4-16(5-7-17)12-21(15-24(36)26(38)40-11-10-27(29,30)31)32-25(37)19-8-9-22-23(14-19)35(39)34-33-22;1-2-36-26(34)24(32)15-21(28-25(33)19-10-11-22-23(14-19)31(35)30-29-22)12-16-6-8-17(9-7-16)18-4-3-5-20(27)13-18/h1-9,13-14,21,24,36,39H,10-12,15H2,(H,32,37);3-11,13-14,21,24,32,35H,2,12,15H2,1H3,(H,28,33)/t2*21-,24-/m11/s1. The SMILES string of the molecule is CCOC(=O)[C@H](O)C[C@@H](Cc1ccc(-c2cccc(Cl)c2)cc1)NC(=O)c1ccc2nnn(O)c2c1.O=C(N[C@H](Cc1ccc(-c2cccc(Cl)c2)cc1)C[C@@H](O)C(=O)OCCC(F)(F)F)c1ccc2nnn(O)c2c1. The number of aromatic nitrogens is 6. The molecule has 0 fully saturated rings. The van der Waals surface area contributed by atoms with E-state index in [2.05, 4.69) is 36.0 Å². The number of halogens is 5. The van der Waals surface area contributed by atoms with Crippen molar-refractivity contribution in [2.75, 3.05) is 13.2 Å². The summed E-state index contributed by atoms with van der Waals surface area (Å²) in [5.74, 6) is -2.99. The Bertz CT molecular complexity index is 3300. The van der Waals surface area contributed by atoms with E-state index in [1.807, 2.05) is 91.0 Å². The number of carbonyl (C=O) groups excluding carboxylic acids is 4. The quantitative estimate of drug-likeness (QED) is 0.0330. The smallest absolute Gasteiger partial charge is 0.392 e. The summed E-state index contributed by atoms with van der Waals surface area (Å²) in [5.41, 5.74) is 7.07. The highest BCUT2D eigenvalue weighted by atomic mass is 35.5. The van der Waals surface area contributed by atoms with E-state index in [0.717, 1.165) is 33.4 Å². The van der Waals surface area contributed by atoms with Gasteiger partial charge in [-0.05, 0) is 124 Å². The fourth-order valence-electron chi connectivity index (χ4n) is 7.93. The van der Waals surface area contributed by atoms with Gasteiger partial charge < -0.3 is 40.7 Å². The van der Waals surface area contributed by atoms with Crippen molar-refractivity contribution < 1.29 is 62.5 Å². The van der Waals surface area contributed by atoms with Gasteiger partial charge in [0.25, 0.3) is 11.8 Å². The molecule has 8 rings (SSSR count). The van der Waals surface area contributed by atoms with Crippen LogP contribution in [0.4, 0.5) is 13.2 Å². The minimum Gasteiger partial charge on any atom is -0.464 e. The Morgan fingerprint density at radius 3 is 1.41 bits per heavy atom. The Morgan fingerprint density at radius 2 is 1.01 bits per heavy atom. The average Bonchev–Trinajstić information content (AvgIpc) is 3.97. The molecular weight excluding hydrogens is 1040 g/mol. The largest absolute Gasteiger partial charge is 0.464 e. The first-order valence-corrected chi connectivity index (χ1v) is 24.2. The number of rotatable bonds is 19. The molecule has 0 unspecified atom stereocenters. The molecule has 0 aliphatic carbocycles. The molecule has 0 aliphatic rings. The highest BCUT2D eigenvalue weighted by Crippen LogP contribution is 2.26. The molecule has 6 N–H and O–H groups in total. The Balaban J connectivity index is 0.000000222. The van der Waals surface area contributed by atoms with Gasteiger partial charge in [-0.1, -0.05) is 106 Å². The van der Waals surface area contributed by atoms with E-state index in [9.17, 15) is 53.0 Å². The van der Waals surface area contributed by atoms with Crippen molar-refractivity contribution in [1.29, 1.82) is 0 Å². The monoisotopic (exact) mass is 1080 g/mol. The number of benzene rings is 6. The minimum atomic E-state index is -4.51. The predicted molar refractivity (Wildman–Crippen MR) is 273 cm³/mol. The third-order valence-corrected chi connectivity index (χ3v) is 12.2. The third-order valence-electron chi connectivity index (χ3n) is 11.7. The van der Waals surface area contributed by atoms with Gasteiger partial charge in [-0.2, -0.15) is 13.2 Å². The molecule has 2 heterocycles. The van der Waals surface area contributed by atoms with Crippen LogP contribution in [-0.4, -0.2) is 118 Å². The summed E-state index contributed by atoms with van der Waals surface area (Å²) in [7, 11) is 0. The van der Waals surface area contributed by atoms with Gasteiger partial charge in [-0.15, -0.1) is 10.2 Å². The van der Waals surface area contributed by atoms with E-state index in [0.29, 0.717) is 37.2 Å². The molecule has 76 heavy (non-hydrogen) atoms. The highest BCUT2D eigenvalue weighted by Gasteiger charge is 2.30. The summed E-state index contributed by atoms with van der Waals surface area (Å²) in [6, 6.07) is 37.4. The number of hydrogen-bond donors (Lipinski definition) is 6. The van der Waals surface area contributed by atoms with Crippen molar-refractivity contribution in [3.8, 4) is 22.3 Å². The van der Waals surface area contributed by atoms with Crippen molar-refractivity contribution >= 4 is 69.0 Å². The molecule has 396 valence electrons. The predicted octanol–water partition coefficient (Wildman–Crippen LogP) is 8.22. The number of carbonyl (C=O) groups is 4. The van der Waals surface area contributed by atoms with Crippen LogP contribution in [0.3, 0.4) is 0 Å². The van der Waals surface area contributed by atoms with E-state index in [4.69, 9.17) is 27.9 Å².